The van der Waals surface area contributed by atoms with Crippen molar-refractivity contribution in [2.75, 3.05) is 32.7 Å². The fourth-order valence-corrected chi connectivity index (χ4v) is 4.72. The molecule has 7 heteroatoms. The Bertz CT molecular complexity index is 532. The van der Waals surface area contributed by atoms with Crippen LogP contribution in [-0.4, -0.2) is 66.4 Å². The van der Waals surface area contributed by atoms with Crippen molar-refractivity contribution in [1.82, 2.24) is 20.4 Å². The van der Waals surface area contributed by atoms with Gasteiger partial charge in [0.2, 0.25) is 11.8 Å². The van der Waals surface area contributed by atoms with Crippen molar-refractivity contribution in [3.63, 3.8) is 0 Å². The number of hydrogen-bond donors (Lipinski definition) is 2. The van der Waals surface area contributed by atoms with E-state index in [0.29, 0.717) is 5.91 Å². The molecule has 2 saturated heterocycles. The molecule has 0 aromatic carbocycles. The third-order valence-corrected chi connectivity index (χ3v) is 6.42. The number of piperidine rings is 1. The van der Waals surface area contributed by atoms with Crippen molar-refractivity contribution in [2.24, 2.45) is 5.92 Å². The molecule has 7 nitrogen and oxygen atoms in total. The van der Waals surface area contributed by atoms with Gasteiger partial charge in [-0.15, -0.1) is 0 Å². The smallest absolute Gasteiger partial charge is 0.321 e. The summed E-state index contributed by atoms with van der Waals surface area (Å²) >= 11 is 0. The van der Waals surface area contributed by atoms with Crippen LogP contribution in [0.5, 0.6) is 0 Å². The SMILES string of the molecule is O=C(CN1CCC(C(=O)N2CCCCCC2)CC1)NC(=O)NC1CCCCC1. The molecule has 0 atom stereocenters. The Morgan fingerprint density at radius 2 is 1.36 bits per heavy atom. The average molecular weight is 393 g/mol. The predicted octanol–water partition coefficient (Wildman–Crippen LogP) is 2.26. The Hall–Kier alpha value is -1.63. The maximum atomic E-state index is 12.7. The van der Waals surface area contributed by atoms with Crippen molar-refractivity contribution in [2.45, 2.75) is 76.7 Å². The third kappa shape index (κ3) is 6.47. The summed E-state index contributed by atoms with van der Waals surface area (Å²) in [4.78, 5) is 41.0. The molecule has 1 aliphatic carbocycles. The zero-order valence-electron chi connectivity index (χ0n) is 17.1. The molecule has 0 aromatic heterocycles. The Labute approximate surface area is 168 Å². The number of hydrogen-bond acceptors (Lipinski definition) is 4. The maximum Gasteiger partial charge on any atom is 0.321 e. The van der Waals surface area contributed by atoms with Crippen molar-refractivity contribution in [3.05, 3.63) is 0 Å². The van der Waals surface area contributed by atoms with Gasteiger partial charge in [0, 0.05) is 25.0 Å². The van der Waals surface area contributed by atoms with E-state index in [1.807, 2.05) is 0 Å². The van der Waals surface area contributed by atoms with Crippen LogP contribution in [-0.2, 0) is 9.59 Å². The number of carbonyl (C=O) groups is 3. The maximum absolute atomic E-state index is 12.7. The molecule has 0 spiro atoms. The summed E-state index contributed by atoms with van der Waals surface area (Å²) in [5.41, 5.74) is 0. The zero-order chi connectivity index (χ0) is 19.8. The van der Waals surface area contributed by atoms with E-state index >= 15 is 0 Å². The predicted molar refractivity (Wildman–Crippen MR) is 108 cm³/mol. The molecule has 3 fully saturated rings. The van der Waals surface area contributed by atoms with Gasteiger partial charge in [-0.05, 0) is 51.6 Å². The molecule has 2 aliphatic heterocycles. The molecule has 0 aromatic rings. The molecular formula is C21H36N4O3. The molecule has 3 rings (SSSR count). The van der Waals surface area contributed by atoms with E-state index in [1.165, 1.54) is 19.3 Å². The summed E-state index contributed by atoms with van der Waals surface area (Å²) in [6.07, 6.45) is 11.8. The summed E-state index contributed by atoms with van der Waals surface area (Å²) < 4.78 is 0. The van der Waals surface area contributed by atoms with Gasteiger partial charge in [-0.2, -0.15) is 0 Å². The van der Waals surface area contributed by atoms with E-state index in [1.54, 1.807) is 0 Å². The van der Waals surface area contributed by atoms with Crippen LogP contribution in [0.4, 0.5) is 4.79 Å². The Kier molecular flexibility index (Phi) is 8.13. The Balaban J connectivity index is 1.34. The van der Waals surface area contributed by atoms with Crippen LogP contribution in [0.15, 0.2) is 0 Å². The van der Waals surface area contributed by atoms with Crippen molar-refractivity contribution in [1.29, 1.82) is 0 Å². The molecule has 3 aliphatic rings. The first kappa shape index (κ1) is 21.1. The molecule has 4 amide bonds. The Morgan fingerprint density at radius 3 is 2.00 bits per heavy atom. The van der Waals surface area contributed by atoms with Crippen molar-refractivity contribution in [3.8, 4) is 0 Å². The monoisotopic (exact) mass is 392 g/mol. The fraction of sp³-hybridized carbons (Fsp3) is 0.857. The average Bonchev–Trinajstić information content (AvgIpc) is 2.98. The van der Waals surface area contributed by atoms with Gasteiger partial charge >= 0.3 is 6.03 Å². The number of amides is 4. The van der Waals surface area contributed by atoms with Gasteiger partial charge in [0.05, 0.1) is 6.54 Å². The topological polar surface area (TPSA) is 81.8 Å². The lowest BCUT2D eigenvalue weighted by atomic mass is 9.95. The number of urea groups is 1. The van der Waals surface area contributed by atoms with Gasteiger partial charge in [-0.25, -0.2) is 4.79 Å². The van der Waals surface area contributed by atoms with Crippen LogP contribution < -0.4 is 10.6 Å². The summed E-state index contributed by atoms with van der Waals surface area (Å²) in [5, 5.41) is 5.37. The number of carbonyl (C=O) groups excluding carboxylic acids is 3. The molecule has 158 valence electrons. The molecule has 28 heavy (non-hydrogen) atoms. The van der Waals surface area contributed by atoms with E-state index < -0.39 is 0 Å². The lowest BCUT2D eigenvalue weighted by Crippen LogP contribution is -2.49. The molecule has 0 unspecified atom stereocenters. The van der Waals surface area contributed by atoms with E-state index in [0.717, 1.165) is 77.5 Å². The van der Waals surface area contributed by atoms with Crippen LogP contribution in [0.25, 0.3) is 0 Å². The van der Waals surface area contributed by atoms with Crippen LogP contribution in [0, 0.1) is 5.92 Å². The quantitative estimate of drug-likeness (QED) is 0.769. The van der Waals surface area contributed by atoms with Crippen LogP contribution in [0.1, 0.15) is 70.6 Å². The van der Waals surface area contributed by atoms with E-state index in [9.17, 15) is 14.4 Å². The van der Waals surface area contributed by atoms with Gasteiger partial charge in [0.25, 0.3) is 0 Å². The van der Waals surface area contributed by atoms with E-state index in [2.05, 4.69) is 20.4 Å². The van der Waals surface area contributed by atoms with Gasteiger partial charge in [-0.1, -0.05) is 32.1 Å². The lowest BCUT2D eigenvalue weighted by Gasteiger charge is -2.33. The lowest BCUT2D eigenvalue weighted by molar-refractivity contribution is -0.137. The number of nitrogens with zero attached hydrogens (tertiary/aromatic N) is 2. The van der Waals surface area contributed by atoms with Crippen molar-refractivity contribution < 1.29 is 14.4 Å². The second-order valence-electron chi connectivity index (χ2n) is 8.65. The fourth-order valence-electron chi connectivity index (χ4n) is 4.72. The molecule has 0 bridgehead atoms. The van der Waals surface area contributed by atoms with Crippen molar-refractivity contribution >= 4 is 17.8 Å². The largest absolute Gasteiger partial charge is 0.342 e. The highest BCUT2D eigenvalue weighted by molar-refractivity contribution is 5.95. The highest BCUT2D eigenvalue weighted by Gasteiger charge is 2.29. The molecule has 0 radical (unpaired) electrons. The molecule has 1 saturated carbocycles. The minimum Gasteiger partial charge on any atom is -0.342 e. The molecular weight excluding hydrogens is 356 g/mol. The van der Waals surface area contributed by atoms with E-state index in [-0.39, 0.29) is 30.4 Å². The second-order valence-corrected chi connectivity index (χ2v) is 8.65. The first-order valence-electron chi connectivity index (χ1n) is 11.2. The van der Waals surface area contributed by atoms with Crippen LogP contribution in [0.2, 0.25) is 0 Å². The van der Waals surface area contributed by atoms with Crippen LogP contribution in [0.3, 0.4) is 0 Å². The summed E-state index contributed by atoms with van der Waals surface area (Å²) in [6, 6.07) is -0.176. The normalized spacial score (nSPS) is 23.1. The van der Waals surface area contributed by atoms with E-state index in [4.69, 9.17) is 0 Å². The Morgan fingerprint density at radius 1 is 0.750 bits per heavy atom. The first-order chi connectivity index (χ1) is 13.6. The van der Waals surface area contributed by atoms with Gasteiger partial charge in [0.15, 0.2) is 0 Å². The second kappa shape index (κ2) is 10.8. The minimum absolute atomic E-state index is 0.0898. The van der Waals surface area contributed by atoms with Gasteiger partial charge in [0.1, 0.15) is 0 Å². The summed E-state index contributed by atoms with van der Waals surface area (Å²) in [5.74, 6) is 0.135. The molecule has 2 heterocycles. The standard InChI is InChI=1S/C21H36N4O3/c26-19(23-21(28)22-18-8-4-3-5-9-18)16-24-14-10-17(11-15-24)20(27)25-12-6-1-2-7-13-25/h17-18H,1-16H2,(H2,22,23,26,28). The summed E-state index contributed by atoms with van der Waals surface area (Å²) in [7, 11) is 0. The number of imide groups is 1. The first-order valence-corrected chi connectivity index (χ1v) is 11.2. The number of nitrogens with one attached hydrogen (secondary N) is 2. The zero-order valence-corrected chi connectivity index (χ0v) is 17.1. The van der Waals surface area contributed by atoms with Crippen LogP contribution >= 0.6 is 0 Å². The number of rotatable bonds is 4. The summed E-state index contributed by atoms with van der Waals surface area (Å²) in [6.45, 7) is 3.50. The molecule has 2 N–H and O–H groups in total. The van der Waals surface area contributed by atoms with Gasteiger partial charge < -0.3 is 10.2 Å². The third-order valence-electron chi connectivity index (χ3n) is 6.42. The number of likely N-dealkylation sites (tertiary alicyclic amines) is 2. The minimum atomic E-state index is -0.372. The highest BCUT2D eigenvalue weighted by atomic mass is 16.2. The van der Waals surface area contributed by atoms with Gasteiger partial charge in [-0.3, -0.25) is 19.8 Å². The highest BCUT2D eigenvalue weighted by Crippen LogP contribution is 2.21.